The van der Waals surface area contributed by atoms with Gasteiger partial charge in [0.2, 0.25) is 0 Å². The summed E-state index contributed by atoms with van der Waals surface area (Å²) in [4.78, 5) is 21.4. The maximum absolute atomic E-state index is 11.5. The molecule has 1 aliphatic heterocycles. The number of fused-ring (bicyclic) bond motifs is 1. The Morgan fingerprint density at radius 1 is 1.12 bits per heavy atom. The summed E-state index contributed by atoms with van der Waals surface area (Å²) < 4.78 is 2.22. The quantitative estimate of drug-likeness (QED) is 0.608. The summed E-state index contributed by atoms with van der Waals surface area (Å²) >= 11 is 0. The maximum Gasteiger partial charge on any atom is 0.159 e. The number of aromatic nitrogens is 2. The number of aryl methyl sites for hydroxylation is 1. The van der Waals surface area contributed by atoms with E-state index in [1.807, 2.05) is 37.5 Å². The molecular weight excluding hydrogens is 412 g/mol. The van der Waals surface area contributed by atoms with E-state index in [0.717, 1.165) is 72.7 Å². The molecular formula is C26H30N6O. The van der Waals surface area contributed by atoms with E-state index >= 15 is 0 Å². The zero-order valence-corrected chi connectivity index (χ0v) is 19.5. The first kappa shape index (κ1) is 21.5. The molecule has 1 N–H and O–H groups in total. The second-order valence-corrected chi connectivity index (χ2v) is 9.25. The van der Waals surface area contributed by atoms with Gasteiger partial charge in [-0.05, 0) is 69.6 Å². The number of hydrogen-bond donors (Lipinski definition) is 1. The number of hydrogen-bond acceptors (Lipinski definition) is 6. The Morgan fingerprint density at radius 3 is 2.39 bits per heavy atom. The van der Waals surface area contributed by atoms with Crippen molar-refractivity contribution in [1.29, 1.82) is 5.26 Å². The van der Waals surface area contributed by atoms with Gasteiger partial charge in [-0.3, -0.25) is 4.79 Å². The number of rotatable bonds is 5. The topological polar surface area (TPSA) is 77.2 Å². The average Bonchev–Trinajstić information content (AvgIpc) is 3.15. The second-order valence-electron chi connectivity index (χ2n) is 9.25. The van der Waals surface area contributed by atoms with Crippen LogP contribution in [0.1, 0.15) is 47.3 Å². The van der Waals surface area contributed by atoms with Gasteiger partial charge in [-0.1, -0.05) is 0 Å². The number of nitriles is 1. The van der Waals surface area contributed by atoms with E-state index in [1.165, 1.54) is 0 Å². The van der Waals surface area contributed by atoms with Crippen LogP contribution < -0.4 is 15.1 Å². The number of piperazine rings is 1. The minimum atomic E-state index is 0.0935. The Labute approximate surface area is 194 Å². The summed E-state index contributed by atoms with van der Waals surface area (Å²) in [6.45, 7) is 7.24. The van der Waals surface area contributed by atoms with E-state index in [4.69, 9.17) is 4.98 Å². The summed E-state index contributed by atoms with van der Waals surface area (Å²) in [6.07, 6.45) is 4.12. The van der Waals surface area contributed by atoms with Crippen LogP contribution in [0.25, 0.3) is 11.0 Å². The van der Waals surface area contributed by atoms with Crippen molar-refractivity contribution in [2.24, 2.45) is 0 Å². The molecule has 2 fully saturated rings. The van der Waals surface area contributed by atoms with E-state index in [1.54, 1.807) is 6.92 Å². The van der Waals surface area contributed by atoms with E-state index < -0.39 is 0 Å². The van der Waals surface area contributed by atoms with E-state index in [0.29, 0.717) is 17.6 Å². The van der Waals surface area contributed by atoms with Gasteiger partial charge in [0.15, 0.2) is 5.78 Å². The first-order chi connectivity index (χ1) is 16.0. The Bertz CT molecular complexity index is 1220. The van der Waals surface area contributed by atoms with Crippen molar-refractivity contribution >= 4 is 28.3 Å². The van der Waals surface area contributed by atoms with Gasteiger partial charge in [-0.25, -0.2) is 4.98 Å². The van der Waals surface area contributed by atoms with E-state index in [9.17, 15) is 10.1 Å². The van der Waals surface area contributed by atoms with Crippen LogP contribution in [-0.4, -0.2) is 54.6 Å². The summed E-state index contributed by atoms with van der Waals surface area (Å²) in [5.41, 5.74) is 4.64. The molecule has 1 saturated heterocycles. The molecule has 0 radical (unpaired) electrons. The molecule has 7 nitrogen and oxygen atoms in total. The van der Waals surface area contributed by atoms with Crippen molar-refractivity contribution in [2.75, 3.05) is 43.0 Å². The number of benzene rings is 1. The highest BCUT2D eigenvalue weighted by Crippen LogP contribution is 2.37. The molecule has 0 unspecified atom stereocenters. The van der Waals surface area contributed by atoms with Gasteiger partial charge >= 0.3 is 0 Å². The molecule has 3 heterocycles. The molecule has 0 amide bonds. The van der Waals surface area contributed by atoms with Gasteiger partial charge < -0.3 is 19.7 Å². The lowest BCUT2D eigenvalue weighted by Crippen LogP contribution is -2.47. The largest absolute Gasteiger partial charge is 0.368 e. The fourth-order valence-corrected chi connectivity index (χ4v) is 5.08. The second kappa shape index (κ2) is 8.53. The molecule has 7 heteroatoms. The standard InChI is InChI=1S/C26H30N6O/c1-17-12-24-20(15-27)16-32(23-13-21(14-23)28-3)26(24)29-25(17)31-10-8-30(9-11-31)22-6-4-19(5-7-22)18(2)33/h4-7,12,16,21,23,28H,8-11,13-14H2,1-3H3. The maximum atomic E-state index is 11.5. The molecule has 33 heavy (non-hydrogen) atoms. The molecule has 3 aromatic rings. The van der Waals surface area contributed by atoms with Gasteiger partial charge in [-0.2, -0.15) is 5.26 Å². The monoisotopic (exact) mass is 442 g/mol. The van der Waals surface area contributed by atoms with E-state index in [2.05, 4.69) is 38.7 Å². The van der Waals surface area contributed by atoms with Crippen LogP contribution >= 0.6 is 0 Å². The normalized spacial score (nSPS) is 20.5. The summed E-state index contributed by atoms with van der Waals surface area (Å²) in [5, 5.41) is 14.0. The van der Waals surface area contributed by atoms with Crippen LogP contribution in [-0.2, 0) is 0 Å². The minimum absolute atomic E-state index is 0.0935. The highest BCUT2D eigenvalue weighted by atomic mass is 16.1. The number of carbonyl (C=O) groups excluding carboxylic acids is 1. The molecule has 1 aliphatic carbocycles. The van der Waals surface area contributed by atoms with Crippen LogP contribution in [0.4, 0.5) is 11.5 Å². The van der Waals surface area contributed by atoms with Crippen LogP contribution in [0, 0.1) is 18.3 Å². The van der Waals surface area contributed by atoms with Gasteiger partial charge in [0.05, 0.1) is 5.56 Å². The minimum Gasteiger partial charge on any atom is -0.368 e. The first-order valence-electron chi connectivity index (χ1n) is 11.7. The number of pyridine rings is 1. The zero-order chi connectivity index (χ0) is 23.1. The number of anilines is 2. The number of ketones is 1. The Balaban J connectivity index is 1.37. The predicted molar refractivity (Wildman–Crippen MR) is 131 cm³/mol. The smallest absolute Gasteiger partial charge is 0.159 e. The summed E-state index contributed by atoms with van der Waals surface area (Å²) in [6, 6.07) is 13.3. The number of nitrogens with one attached hydrogen (secondary N) is 1. The molecule has 170 valence electrons. The van der Waals surface area contributed by atoms with Crippen molar-refractivity contribution in [1.82, 2.24) is 14.9 Å². The summed E-state index contributed by atoms with van der Waals surface area (Å²) in [5.74, 6) is 1.11. The molecule has 1 saturated carbocycles. The Kier molecular flexibility index (Phi) is 5.55. The lowest BCUT2D eigenvalue weighted by atomic mass is 9.87. The van der Waals surface area contributed by atoms with Crippen LogP contribution in [0.2, 0.25) is 0 Å². The third-order valence-corrected chi connectivity index (χ3v) is 7.22. The van der Waals surface area contributed by atoms with Crippen molar-refractivity contribution in [3.63, 3.8) is 0 Å². The van der Waals surface area contributed by atoms with Crippen LogP contribution in [0.5, 0.6) is 0 Å². The lowest BCUT2D eigenvalue weighted by Gasteiger charge is -2.38. The Hall–Kier alpha value is -3.37. The highest BCUT2D eigenvalue weighted by molar-refractivity contribution is 5.94. The zero-order valence-electron chi connectivity index (χ0n) is 19.5. The van der Waals surface area contributed by atoms with Crippen LogP contribution in [0.15, 0.2) is 36.5 Å². The highest BCUT2D eigenvalue weighted by Gasteiger charge is 2.31. The van der Waals surface area contributed by atoms with Crippen molar-refractivity contribution < 1.29 is 4.79 Å². The van der Waals surface area contributed by atoms with Crippen molar-refractivity contribution in [3.8, 4) is 6.07 Å². The third kappa shape index (κ3) is 3.85. The Morgan fingerprint density at radius 2 is 1.79 bits per heavy atom. The molecule has 2 aromatic heterocycles. The lowest BCUT2D eigenvalue weighted by molar-refractivity contribution is 0.101. The van der Waals surface area contributed by atoms with Gasteiger partial charge in [0.1, 0.15) is 17.5 Å². The van der Waals surface area contributed by atoms with Crippen molar-refractivity contribution in [3.05, 3.63) is 53.2 Å². The number of carbonyl (C=O) groups is 1. The molecule has 0 spiro atoms. The SMILES string of the molecule is CNC1CC(n2cc(C#N)c3cc(C)c(N4CCN(c5ccc(C(C)=O)cc5)CC4)nc32)C1. The fraction of sp³-hybridized carbons (Fsp3) is 0.423. The average molecular weight is 443 g/mol. The first-order valence-corrected chi connectivity index (χ1v) is 11.7. The van der Waals surface area contributed by atoms with Gasteiger partial charge in [-0.15, -0.1) is 0 Å². The number of nitrogens with zero attached hydrogens (tertiary/aromatic N) is 5. The van der Waals surface area contributed by atoms with Crippen LogP contribution in [0.3, 0.4) is 0 Å². The fourth-order valence-electron chi connectivity index (χ4n) is 5.08. The number of Topliss-reactive ketones (excluding diaryl/α,β-unsaturated/α-hetero) is 1. The van der Waals surface area contributed by atoms with Gasteiger partial charge in [0.25, 0.3) is 0 Å². The predicted octanol–water partition coefficient (Wildman–Crippen LogP) is 3.67. The molecule has 5 rings (SSSR count). The molecule has 0 atom stereocenters. The molecule has 2 aliphatic rings. The van der Waals surface area contributed by atoms with Crippen molar-refractivity contribution in [2.45, 2.75) is 38.8 Å². The summed E-state index contributed by atoms with van der Waals surface area (Å²) in [7, 11) is 2.01. The molecule has 1 aromatic carbocycles. The third-order valence-electron chi connectivity index (χ3n) is 7.22. The van der Waals surface area contributed by atoms with Gasteiger partial charge in [0, 0.05) is 61.1 Å². The molecule has 0 bridgehead atoms. The van der Waals surface area contributed by atoms with E-state index in [-0.39, 0.29) is 5.78 Å².